The third-order valence-electron chi connectivity index (χ3n) is 5.51. The number of rotatable bonds is 6. The van der Waals surface area contributed by atoms with E-state index in [4.69, 9.17) is 4.74 Å². The average molecular weight is 510 g/mol. The number of aromatic nitrogens is 1. The van der Waals surface area contributed by atoms with Crippen LogP contribution in [0.3, 0.4) is 0 Å². The first kappa shape index (κ1) is 25.7. The molecule has 1 amide bonds. The Bertz CT molecular complexity index is 1670. The number of anilines is 1. The van der Waals surface area contributed by atoms with Crippen LogP contribution in [0, 0.1) is 25.2 Å². The third-order valence-corrected chi connectivity index (χ3v) is 6.61. The molecule has 1 aromatic heterocycles. The van der Waals surface area contributed by atoms with Crippen LogP contribution in [0.4, 0.5) is 5.69 Å². The van der Waals surface area contributed by atoms with Gasteiger partial charge in [0.15, 0.2) is 5.57 Å². The molecule has 7 heteroatoms. The number of thiazole rings is 1. The quantitative estimate of drug-likeness (QED) is 0.416. The number of nitrogens with zero attached hydrogens (tertiary/aromatic N) is 2. The molecular formula is C30H27N3O3S. The first-order valence-corrected chi connectivity index (χ1v) is 12.7. The van der Waals surface area contributed by atoms with Gasteiger partial charge >= 0.3 is 0 Å². The summed E-state index contributed by atoms with van der Waals surface area (Å²) in [5.74, 6) is 0.0701. The highest BCUT2D eigenvalue weighted by molar-refractivity contribution is 7.07. The maximum absolute atomic E-state index is 13.7. The van der Waals surface area contributed by atoms with Crippen molar-refractivity contribution in [3.8, 4) is 17.5 Å². The van der Waals surface area contributed by atoms with Gasteiger partial charge in [-0.25, -0.2) is 0 Å². The highest BCUT2D eigenvalue weighted by Gasteiger charge is 2.18. The van der Waals surface area contributed by atoms with E-state index in [9.17, 15) is 14.9 Å². The Morgan fingerprint density at radius 3 is 2.43 bits per heavy atom. The summed E-state index contributed by atoms with van der Waals surface area (Å²) in [5, 5.41) is 12.8. The van der Waals surface area contributed by atoms with Gasteiger partial charge in [-0.3, -0.25) is 14.2 Å². The van der Waals surface area contributed by atoms with E-state index < -0.39 is 5.91 Å². The van der Waals surface area contributed by atoms with Crippen LogP contribution >= 0.6 is 11.3 Å². The summed E-state index contributed by atoms with van der Waals surface area (Å²) in [7, 11) is 0. The van der Waals surface area contributed by atoms with E-state index in [2.05, 4.69) is 5.32 Å². The van der Waals surface area contributed by atoms with Crippen LogP contribution in [0.2, 0.25) is 0 Å². The molecule has 0 aliphatic rings. The van der Waals surface area contributed by atoms with Crippen molar-refractivity contribution in [3.63, 3.8) is 0 Å². The van der Waals surface area contributed by atoms with Crippen LogP contribution < -0.4 is 24.8 Å². The van der Waals surface area contributed by atoms with E-state index in [1.807, 2.05) is 88.4 Å². The molecule has 4 aromatic rings. The van der Waals surface area contributed by atoms with Crippen molar-refractivity contribution in [1.29, 1.82) is 5.26 Å². The van der Waals surface area contributed by atoms with E-state index in [1.165, 1.54) is 4.57 Å². The van der Waals surface area contributed by atoms with Crippen molar-refractivity contribution in [3.05, 3.63) is 109 Å². The molecule has 4 rings (SSSR count). The van der Waals surface area contributed by atoms with E-state index in [1.54, 1.807) is 24.3 Å². The molecule has 0 unspecified atom stereocenters. The first-order chi connectivity index (χ1) is 17.8. The van der Waals surface area contributed by atoms with Gasteiger partial charge in [0, 0.05) is 11.3 Å². The fourth-order valence-electron chi connectivity index (χ4n) is 3.79. The fraction of sp³-hybridized carbons (Fsp3) is 0.167. The Hall–Kier alpha value is -4.41. The summed E-state index contributed by atoms with van der Waals surface area (Å²) >= 11 is 1.10. The van der Waals surface area contributed by atoms with Gasteiger partial charge in [-0.15, -0.1) is 11.3 Å². The van der Waals surface area contributed by atoms with Crippen LogP contribution in [-0.4, -0.2) is 16.6 Å². The number of para-hydroxylation sites is 1. The van der Waals surface area contributed by atoms with E-state index in [0.717, 1.165) is 28.0 Å². The number of carbonyl (C=O) groups is 1. The lowest BCUT2D eigenvalue weighted by atomic mass is 10.2. The number of hydrogen-bond acceptors (Lipinski definition) is 5. The van der Waals surface area contributed by atoms with Crippen LogP contribution in [-0.2, 0) is 4.79 Å². The number of nitrogens with one attached hydrogen (secondary N) is 1. The number of carbonyl (C=O) groups excluding carboxylic acids is 1. The van der Waals surface area contributed by atoms with E-state index in [0.29, 0.717) is 21.7 Å². The van der Waals surface area contributed by atoms with Crippen LogP contribution in [0.5, 0.6) is 5.75 Å². The summed E-state index contributed by atoms with van der Waals surface area (Å²) in [6.45, 7) is 7.74. The standard InChI is InChI=1S/C30H27N3O3S/c1-19(2)36-26-11-6-5-9-22(26)17-27-29(35)33(24-14-12-20(3)13-15-24)30(37-27)25(18-31)28(34)32-23-10-7-8-21(4)16-23/h5-17,19H,1-4H3,(H,32,34). The first-order valence-electron chi connectivity index (χ1n) is 11.9. The molecule has 0 bridgehead atoms. The molecule has 3 aromatic carbocycles. The van der Waals surface area contributed by atoms with Gasteiger partial charge in [0.1, 0.15) is 16.5 Å². The zero-order valence-electron chi connectivity index (χ0n) is 21.1. The number of ether oxygens (including phenoxy) is 1. The lowest BCUT2D eigenvalue weighted by molar-refractivity contribution is -0.111. The normalized spacial score (nSPS) is 12.3. The number of amides is 1. The van der Waals surface area contributed by atoms with Gasteiger partial charge < -0.3 is 10.1 Å². The summed E-state index contributed by atoms with van der Waals surface area (Å²) in [4.78, 5) is 26.9. The summed E-state index contributed by atoms with van der Waals surface area (Å²) < 4.78 is 7.99. The van der Waals surface area contributed by atoms with Crippen molar-refractivity contribution in [2.24, 2.45) is 0 Å². The van der Waals surface area contributed by atoms with Gasteiger partial charge in [0.2, 0.25) is 0 Å². The molecular weight excluding hydrogens is 482 g/mol. The Kier molecular flexibility index (Phi) is 7.71. The molecule has 0 radical (unpaired) electrons. The second-order valence-corrected chi connectivity index (χ2v) is 9.94. The van der Waals surface area contributed by atoms with Gasteiger partial charge in [-0.2, -0.15) is 5.26 Å². The van der Waals surface area contributed by atoms with Gasteiger partial charge in [-0.05, 0) is 69.7 Å². The molecule has 0 atom stereocenters. The Morgan fingerprint density at radius 2 is 1.76 bits per heavy atom. The molecule has 0 saturated heterocycles. The maximum atomic E-state index is 13.7. The Labute approximate surface area is 219 Å². The van der Waals surface area contributed by atoms with Crippen LogP contribution in [0.25, 0.3) is 17.3 Å². The molecule has 0 fully saturated rings. The monoisotopic (exact) mass is 509 g/mol. The Balaban J connectivity index is 1.96. The largest absolute Gasteiger partial charge is 0.490 e. The average Bonchev–Trinajstić information content (AvgIpc) is 3.16. The molecule has 1 N–H and O–H groups in total. The minimum atomic E-state index is -0.578. The third kappa shape index (κ3) is 5.88. The molecule has 37 heavy (non-hydrogen) atoms. The van der Waals surface area contributed by atoms with Gasteiger partial charge in [-0.1, -0.05) is 48.0 Å². The van der Waals surface area contributed by atoms with E-state index >= 15 is 0 Å². The molecule has 0 saturated carbocycles. The zero-order chi connectivity index (χ0) is 26.5. The predicted molar refractivity (Wildman–Crippen MR) is 149 cm³/mol. The molecule has 1 heterocycles. The topological polar surface area (TPSA) is 84.1 Å². The van der Waals surface area contributed by atoms with Crippen LogP contribution in [0.1, 0.15) is 30.5 Å². The predicted octanol–water partition coefficient (Wildman–Crippen LogP) is 4.44. The van der Waals surface area contributed by atoms with Crippen molar-refractivity contribution in [2.45, 2.75) is 33.8 Å². The Morgan fingerprint density at radius 1 is 1.03 bits per heavy atom. The molecule has 0 spiro atoms. The summed E-state index contributed by atoms with van der Waals surface area (Å²) in [5.41, 5.74) is 3.43. The second kappa shape index (κ2) is 11.1. The fourth-order valence-corrected chi connectivity index (χ4v) is 4.89. The second-order valence-electron chi connectivity index (χ2n) is 8.91. The molecule has 0 aliphatic heterocycles. The van der Waals surface area contributed by atoms with Crippen molar-refractivity contribution in [2.75, 3.05) is 5.32 Å². The van der Waals surface area contributed by atoms with Gasteiger partial charge in [0.05, 0.1) is 16.3 Å². The number of benzene rings is 3. The maximum Gasteiger partial charge on any atom is 0.273 e. The summed E-state index contributed by atoms with van der Waals surface area (Å²) in [6.07, 6.45) is 1.70. The number of aryl methyl sites for hydroxylation is 2. The smallest absolute Gasteiger partial charge is 0.273 e. The van der Waals surface area contributed by atoms with Crippen LogP contribution in [0.15, 0.2) is 77.6 Å². The number of hydrogen-bond donors (Lipinski definition) is 1. The zero-order valence-corrected chi connectivity index (χ0v) is 21.9. The molecule has 0 aliphatic carbocycles. The van der Waals surface area contributed by atoms with Crippen molar-refractivity contribution < 1.29 is 9.53 Å². The lowest BCUT2D eigenvalue weighted by Gasteiger charge is -2.11. The minimum absolute atomic E-state index is 0.0403. The summed E-state index contributed by atoms with van der Waals surface area (Å²) in [6, 6.07) is 24.2. The van der Waals surface area contributed by atoms with Crippen molar-refractivity contribution >= 4 is 34.6 Å². The van der Waals surface area contributed by atoms with Gasteiger partial charge in [0.25, 0.3) is 11.5 Å². The highest BCUT2D eigenvalue weighted by Crippen LogP contribution is 2.20. The molecule has 6 nitrogen and oxygen atoms in total. The number of nitriles is 1. The SMILES string of the molecule is Cc1ccc(-n2c(=C(C#N)C(=O)Nc3cccc(C)c3)sc(=Cc3ccccc3OC(C)C)c2=O)cc1. The lowest BCUT2D eigenvalue weighted by Crippen LogP contribution is -2.32. The highest BCUT2D eigenvalue weighted by atomic mass is 32.1. The van der Waals surface area contributed by atoms with E-state index in [-0.39, 0.29) is 21.9 Å². The van der Waals surface area contributed by atoms with Crippen molar-refractivity contribution in [1.82, 2.24) is 4.57 Å². The minimum Gasteiger partial charge on any atom is -0.490 e. The molecule has 186 valence electrons.